The van der Waals surface area contributed by atoms with Crippen molar-refractivity contribution in [3.8, 4) is 0 Å². The minimum atomic E-state index is -0.785. The van der Waals surface area contributed by atoms with E-state index in [4.69, 9.17) is 0 Å². The van der Waals surface area contributed by atoms with Gasteiger partial charge in [0, 0.05) is 6.20 Å². The van der Waals surface area contributed by atoms with Crippen molar-refractivity contribution >= 4 is 5.91 Å². The van der Waals surface area contributed by atoms with Crippen molar-refractivity contribution in [3.63, 3.8) is 0 Å². The van der Waals surface area contributed by atoms with Crippen LogP contribution in [0.4, 0.5) is 4.39 Å². The lowest BCUT2D eigenvalue weighted by atomic mass is 9.77. The fourth-order valence-electron chi connectivity index (χ4n) is 1.79. The van der Waals surface area contributed by atoms with Gasteiger partial charge in [0.15, 0.2) is 0 Å². The average Bonchev–Trinajstić information content (AvgIpc) is 2.24. The third-order valence-electron chi connectivity index (χ3n) is 3.00. The maximum atomic E-state index is 13.2. The number of amides is 1. The molecule has 0 bridgehead atoms. The smallest absolute Gasteiger partial charge is 0.256 e. The second-order valence-electron chi connectivity index (χ2n) is 4.09. The Labute approximate surface area is 92.5 Å². The third-order valence-corrected chi connectivity index (χ3v) is 3.00. The van der Waals surface area contributed by atoms with Crippen LogP contribution in [0.5, 0.6) is 0 Å². The van der Waals surface area contributed by atoms with Crippen molar-refractivity contribution in [1.82, 2.24) is 10.3 Å². The zero-order valence-electron chi connectivity index (χ0n) is 8.74. The van der Waals surface area contributed by atoms with Crippen molar-refractivity contribution in [2.75, 3.05) is 6.61 Å². The highest BCUT2D eigenvalue weighted by molar-refractivity contribution is 5.94. The molecule has 0 spiro atoms. The molecular formula is C11H13FN2O2. The topological polar surface area (TPSA) is 62.2 Å². The molecule has 5 heteroatoms. The lowest BCUT2D eigenvalue weighted by Gasteiger charge is -2.40. The van der Waals surface area contributed by atoms with E-state index < -0.39 is 17.4 Å². The van der Waals surface area contributed by atoms with E-state index in [1.54, 1.807) is 0 Å². The fraction of sp³-hybridized carbons (Fsp3) is 0.455. The number of carbonyl (C=O) groups is 1. The Kier molecular flexibility index (Phi) is 2.87. The molecule has 16 heavy (non-hydrogen) atoms. The highest BCUT2D eigenvalue weighted by Gasteiger charge is 2.38. The molecule has 4 nitrogen and oxygen atoms in total. The van der Waals surface area contributed by atoms with Crippen molar-refractivity contribution in [1.29, 1.82) is 0 Å². The monoisotopic (exact) mass is 224 g/mol. The molecule has 1 saturated carbocycles. The van der Waals surface area contributed by atoms with Crippen molar-refractivity contribution < 1.29 is 14.3 Å². The standard InChI is InChI=1S/C11H13FN2O2/c12-9-8(3-1-6-13-9)10(16)14-11(7-15)4-2-5-11/h1,3,6,15H,2,4-5,7H2,(H,14,16). The first-order chi connectivity index (χ1) is 7.67. The van der Waals surface area contributed by atoms with Crippen LogP contribution in [0, 0.1) is 5.95 Å². The van der Waals surface area contributed by atoms with Gasteiger partial charge < -0.3 is 10.4 Å². The molecule has 1 fully saturated rings. The fourth-order valence-corrected chi connectivity index (χ4v) is 1.79. The zero-order chi connectivity index (χ0) is 11.6. The lowest BCUT2D eigenvalue weighted by molar-refractivity contribution is 0.0637. The summed E-state index contributed by atoms with van der Waals surface area (Å²) in [5.74, 6) is -1.30. The van der Waals surface area contributed by atoms with Crippen molar-refractivity contribution in [2.24, 2.45) is 0 Å². The number of carbonyl (C=O) groups excluding carboxylic acids is 1. The summed E-state index contributed by atoms with van der Waals surface area (Å²) >= 11 is 0. The maximum Gasteiger partial charge on any atom is 0.256 e. The van der Waals surface area contributed by atoms with Crippen LogP contribution in [0.15, 0.2) is 18.3 Å². The van der Waals surface area contributed by atoms with Gasteiger partial charge in [0.1, 0.15) is 0 Å². The van der Waals surface area contributed by atoms with Crippen LogP contribution in [-0.2, 0) is 0 Å². The number of aliphatic hydroxyl groups is 1. The van der Waals surface area contributed by atoms with E-state index in [1.165, 1.54) is 18.3 Å². The lowest BCUT2D eigenvalue weighted by Crippen LogP contribution is -2.56. The molecule has 1 aliphatic carbocycles. The number of rotatable bonds is 3. The molecule has 1 heterocycles. The second-order valence-corrected chi connectivity index (χ2v) is 4.09. The van der Waals surface area contributed by atoms with E-state index in [0.717, 1.165) is 19.3 Å². The number of hydrogen-bond donors (Lipinski definition) is 2. The van der Waals surface area contributed by atoms with E-state index in [-0.39, 0.29) is 12.2 Å². The van der Waals surface area contributed by atoms with Gasteiger partial charge in [0.25, 0.3) is 5.91 Å². The Morgan fingerprint density at radius 1 is 1.62 bits per heavy atom. The van der Waals surface area contributed by atoms with Gasteiger partial charge in [-0.15, -0.1) is 0 Å². The third kappa shape index (κ3) is 1.90. The minimum Gasteiger partial charge on any atom is -0.394 e. The van der Waals surface area contributed by atoms with Gasteiger partial charge in [-0.05, 0) is 31.4 Å². The van der Waals surface area contributed by atoms with Gasteiger partial charge in [0.2, 0.25) is 5.95 Å². The summed E-state index contributed by atoms with van der Waals surface area (Å²) in [5, 5.41) is 11.8. The van der Waals surface area contributed by atoms with Gasteiger partial charge in [-0.2, -0.15) is 4.39 Å². The predicted octanol–water partition coefficient (Wildman–Crippen LogP) is 0.865. The number of aliphatic hydroxyl groups excluding tert-OH is 1. The molecule has 86 valence electrons. The van der Waals surface area contributed by atoms with Crippen molar-refractivity contribution in [3.05, 3.63) is 29.8 Å². The van der Waals surface area contributed by atoms with Crippen LogP contribution in [0.1, 0.15) is 29.6 Å². The first-order valence-electron chi connectivity index (χ1n) is 5.21. The van der Waals surface area contributed by atoms with E-state index in [1.807, 2.05) is 0 Å². The van der Waals surface area contributed by atoms with Gasteiger partial charge in [0.05, 0.1) is 17.7 Å². The molecule has 0 unspecified atom stereocenters. The van der Waals surface area contributed by atoms with Crippen molar-refractivity contribution in [2.45, 2.75) is 24.8 Å². The van der Waals surface area contributed by atoms with Crippen LogP contribution >= 0.6 is 0 Å². The molecule has 2 rings (SSSR count). The van der Waals surface area contributed by atoms with Gasteiger partial charge >= 0.3 is 0 Å². The summed E-state index contributed by atoms with van der Waals surface area (Å²) in [4.78, 5) is 15.1. The first-order valence-corrected chi connectivity index (χ1v) is 5.21. The van der Waals surface area contributed by atoms with Crippen LogP contribution < -0.4 is 5.32 Å². The van der Waals surface area contributed by atoms with E-state index in [0.29, 0.717) is 0 Å². The molecule has 1 aliphatic rings. The SMILES string of the molecule is O=C(NC1(CO)CCC1)c1cccnc1F. The summed E-state index contributed by atoms with van der Waals surface area (Å²) in [6.45, 7) is -0.110. The Balaban J connectivity index is 2.11. The Bertz CT molecular complexity index is 399. The number of aromatic nitrogens is 1. The average molecular weight is 224 g/mol. The number of nitrogens with zero attached hydrogens (tertiary/aromatic N) is 1. The second kappa shape index (κ2) is 4.17. The molecule has 0 aromatic carbocycles. The van der Waals surface area contributed by atoms with Gasteiger partial charge in [-0.1, -0.05) is 0 Å². The summed E-state index contributed by atoms with van der Waals surface area (Å²) in [6, 6.07) is 2.88. The highest BCUT2D eigenvalue weighted by Crippen LogP contribution is 2.31. The maximum absolute atomic E-state index is 13.2. The number of pyridine rings is 1. The summed E-state index contributed by atoms with van der Waals surface area (Å²) < 4.78 is 13.2. The molecule has 0 aliphatic heterocycles. The molecular weight excluding hydrogens is 211 g/mol. The predicted molar refractivity (Wildman–Crippen MR) is 55.3 cm³/mol. The van der Waals surface area contributed by atoms with Crippen LogP contribution in [0.25, 0.3) is 0 Å². The number of nitrogens with one attached hydrogen (secondary N) is 1. The highest BCUT2D eigenvalue weighted by atomic mass is 19.1. The largest absolute Gasteiger partial charge is 0.394 e. The first kappa shape index (κ1) is 11.0. The zero-order valence-corrected chi connectivity index (χ0v) is 8.74. The number of halogens is 1. The van der Waals surface area contributed by atoms with Crippen LogP contribution in [0.2, 0.25) is 0 Å². The molecule has 2 N–H and O–H groups in total. The van der Waals surface area contributed by atoms with Gasteiger partial charge in [-0.25, -0.2) is 4.98 Å². The normalized spacial score (nSPS) is 17.6. The van der Waals surface area contributed by atoms with E-state index >= 15 is 0 Å². The Morgan fingerprint density at radius 3 is 2.88 bits per heavy atom. The Morgan fingerprint density at radius 2 is 2.38 bits per heavy atom. The quantitative estimate of drug-likeness (QED) is 0.749. The summed E-state index contributed by atoms with van der Waals surface area (Å²) in [5.41, 5.74) is -0.637. The van der Waals surface area contributed by atoms with Crippen LogP contribution in [0.3, 0.4) is 0 Å². The Hall–Kier alpha value is -1.49. The summed E-state index contributed by atoms with van der Waals surface area (Å²) in [6.07, 6.45) is 3.72. The molecule has 0 saturated heterocycles. The molecule has 0 radical (unpaired) electrons. The molecule has 1 amide bonds. The van der Waals surface area contributed by atoms with E-state index in [2.05, 4.69) is 10.3 Å². The van der Waals surface area contributed by atoms with Crippen LogP contribution in [-0.4, -0.2) is 28.1 Å². The summed E-state index contributed by atoms with van der Waals surface area (Å²) in [7, 11) is 0. The van der Waals surface area contributed by atoms with E-state index in [9.17, 15) is 14.3 Å². The molecule has 1 aromatic heterocycles. The molecule has 0 atom stereocenters. The number of hydrogen-bond acceptors (Lipinski definition) is 3. The van der Waals surface area contributed by atoms with Gasteiger partial charge in [-0.3, -0.25) is 4.79 Å². The minimum absolute atomic E-state index is 0.0813. The molecule has 1 aromatic rings.